The number of benzene rings is 2. The summed E-state index contributed by atoms with van der Waals surface area (Å²) in [5, 5.41) is 10.7. The van der Waals surface area contributed by atoms with Crippen molar-refractivity contribution in [3.63, 3.8) is 0 Å². The van der Waals surface area contributed by atoms with Crippen LogP contribution < -0.4 is 9.91 Å². The van der Waals surface area contributed by atoms with Crippen LogP contribution in [0.25, 0.3) is 5.69 Å². The first-order chi connectivity index (χ1) is 11.9. The molecular formula is C16H15AsN4O4. The number of aromatic nitrogens is 2. The van der Waals surface area contributed by atoms with Gasteiger partial charge in [0.2, 0.25) is 0 Å². The Balaban J connectivity index is 2.04. The van der Waals surface area contributed by atoms with Crippen LogP contribution in [-0.4, -0.2) is 32.1 Å². The molecule has 0 saturated heterocycles. The molecule has 0 aliphatic rings. The van der Waals surface area contributed by atoms with Gasteiger partial charge in [-0.15, -0.1) is 0 Å². The minimum atomic E-state index is -5.14. The zero-order valence-electron chi connectivity index (χ0n) is 13.2. The zero-order chi connectivity index (χ0) is 18.0. The van der Waals surface area contributed by atoms with E-state index in [1.54, 1.807) is 37.3 Å². The van der Waals surface area contributed by atoms with Crippen molar-refractivity contribution in [3.05, 3.63) is 70.6 Å². The Bertz CT molecular complexity index is 1030. The second-order valence-corrected chi connectivity index (χ2v) is 8.59. The van der Waals surface area contributed by atoms with Gasteiger partial charge in [0.25, 0.3) is 0 Å². The number of nitrogens with zero attached hydrogens (tertiary/aromatic N) is 3. The first-order valence-electron chi connectivity index (χ1n) is 7.32. The third-order valence-corrected chi connectivity index (χ3v) is 5.62. The van der Waals surface area contributed by atoms with Crippen molar-refractivity contribution >= 4 is 29.9 Å². The molecule has 0 amide bonds. The summed E-state index contributed by atoms with van der Waals surface area (Å²) in [4.78, 5) is 12.5. The van der Waals surface area contributed by atoms with Gasteiger partial charge in [-0.3, -0.25) is 0 Å². The van der Waals surface area contributed by atoms with E-state index in [0.29, 0.717) is 11.4 Å². The van der Waals surface area contributed by atoms with E-state index in [1.807, 2.05) is 6.07 Å². The first kappa shape index (κ1) is 17.2. The van der Waals surface area contributed by atoms with Crippen molar-refractivity contribution in [2.24, 2.45) is 10.2 Å². The zero-order valence-corrected chi connectivity index (χ0v) is 15.1. The normalized spacial score (nSPS) is 12.0. The molecule has 0 aliphatic heterocycles. The van der Waals surface area contributed by atoms with Gasteiger partial charge in [0, 0.05) is 0 Å². The second kappa shape index (κ2) is 6.68. The van der Waals surface area contributed by atoms with Gasteiger partial charge in [-0.1, -0.05) is 0 Å². The number of H-pyrrole nitrogens is 1. The molecule has 9 heteroatoms. The Hall–Kier alpha value is -2.67. The average Bonchev–Trinajstić information content (AvgIpc) is 2.87. The average molecular weight is 402 g/mol. The van der Waals surface area contributed by atoms with Crippen LogP contribution in [0.1, 0.15) is 5.69 Å². The van der Waals surface area contributed by atoms with E-state index in [1.165, 1.54) is 22.9 Å². The van der Waals surface area contributed by atoms with Gasteiger partial charge < -0.3 is 0 Å². The predicted octanol–water partition coefficient (Wildman–Crippen LogP) is 1.45. The number of hydrogen-bond donors (Lipinski definition) is 3. The van der Waals surface area contributed by atoms with E-state index in [0.717, 1.165) is 0 Å². The second-order valence-electron chi connectivity index (χ2n) is 5.29. The summed E-state index contributed by atoms with van der Waals surface area (Å²) < 4.78 is 31.6. The molecule has 2 aromatic carbocycles. The quantitative estimate of drug-likeness (QED) is 0.452. The van der Waals surface area contributed by atoms with Crippen LogP contribution in [0.5, 0.6) is 0 Å². The van der Waals surface area contributed by atoms with Crippen molar-refractivity contribution < 1.29 is 11.9 Å². The molecule has 0 radical (unpaired) electrons. The van der Waals surface area contributed by atoms with Crippen LogP contribution in [0, 0.1) is 6.92 Å². The third kappa shape index (κ3) is 3.56. The molecule has 0 unspecified atom stereocenters. The maximum absolute atomic E-state index is 12.5. The number of aryl methyl sites for hydroxylation is 1. The Morgan fingerprint density at radius 3 is 2.32 bits per heavy atom. The molecule has 0 spiro atoms. The molecule has 3 rings (SSSR count). The third-order valence-electron chi connectivity index (χ3n) is 3.51. The maximum atomic E-state index is 12.5. The van der Waals surface area contributed by atoms with E-state index in [9.17, 15) is 16.7 Å². The predicted molar refractivity (Wildman–Crippen MR) is 92.3 cm³/mol. The van der Waals surface area contributed by atoms with Gasteiger partial charge in [0.05, 0.1) is 0 Å². The number of aromatic amines is 1. The number of azo groups is 1. The van der Waals surface area contributed by atoms with Gasteiger partial charge >= 0.3 is 145 Å². The standard InChI is InChI=1S/C16H15AsN4O4/c1-11-15(16(22)21(20-11)12-7-3-2-4-8-12)19-18-14-10-6-5-9-13(14)17(23,24)25/h2-10,20H,1H3,(H2,23,24,25). The van der Waals surface area contributed by atoms with Gasteiger partial charge in [-0.25, -0.2) is 0 Å². The monoisotopic (exact) mass is 402 g/mol. The fourth-order valence-electron chi connectivity index (χ4n) is 2.31. The molecule has 128 valence electrons. The molecule has 1 aromatic heterocycles. The molecule has 0 aliphatic carbocycles. The molecule has 0 bridgehead atoms. The number of para-hydroxylation sites is 1. The van der Waals surface area contributed by atoms with Gasteiger partial charge in [0.15, 0.2) is 0 Å². The van der Waals surface area contributed by atoms with E-state index in [4.69, 9.17) is 0 Å². The molecular weight excluding hydrogens is 387 g/mol. The fraction of sp³-hybridized carbons (Fsp3) is 0.0625. The molecule has 1 heterocycles. The molecule has 25 heavy (non-hydrogen) atoms. The van der Waals surface area contributed by atoms with E-state index in [2.05, 4.69) is 15.3 Å². The summed E-state index contributed by atoms with van der Waals surface area (Å²) in [7, 11) is 0. The summed E-state index contributed by atoms with van der Waals surface area (Å²) >= 11 is -5.14. The summed E-state index contributed by atoms with van der Waals surface area (Å²) in [6.45, 7) is 1.67. The Labute approximate surface area is 145 Å². The minimum absolute atomic E-state index is 0.0428. The van der Waals surface area contributed by atoms with Crippen LogP contribution in [-0.2, 0) is 3.74 Å². The summed E-state index contributed by atoms with van der Waals surface area (Å²) in [6.07, 6.45) is 0. The van der Waals surface area contributed by atoms with Crippen molar-refractivity contribution in [3.8, 4) is 5.69 Å². The van der Waals surface area contributed by atoms with E-state index < -0.39 is 19.7 Å². The number of rotatable bonds is 4. The van der Waals surface area contributed by atoms with Crippen LogP contribution in [0.15, 0.2) is 69.6 Å². The van der Waals surface area contributed by atoms with Crippen LogP contribution in [0.4, 0.5) is 11.4 Å². The van der Waals surface area contributed by atoms with Crippen molar-refractivity contribution in [2.75, 3.05) is 0 Å². The molecule has 8 nitrogen and oxygen atoms in total. The number of hydrogen-bond acceptors (Lipinski definition) is 4. The van der Waals surface area contributed by atoms with Crippen LogP contribution in [0.3, 0.4) is 0 Å². The Morgan fingerprint density at radius 1 is 1.00 bits per heavy atom. The van der Waals surface area contributed by atoms with Crippen LogP contribution in [0.2, 0.25) is 0 Å². The molecule has 3 aromatic rings. The van der Waals surface area contributed by atoms with Crippen molar-refractivity contribution in [1.82, 2.24) is 9.78 Å². The van der Waals surface area contributed by atoms with Crippen LogP contribution >= 0.6 is 0 Å². The van der Waals surface area contributed by atoms with Gasteiger partial charge in [0.1, 0.15) is 0 Å². The Morgan fingerprint density at radius 2 is 1.64 bits per heavy atom. The molecule has 3 N–H and O–H groups in total. The van der Waals surface area contributed by atoms with Gasteiger partial charge in [-0.2, -0.15) is 0 Å². The fourth-order valence-corrected chi connectivity index (χ4v) is 3.78. The van der Waals surface area contributed by atoms with Crippen molar-refractivity contribution in [1.29, 1.82) is 0 Å². The van der Waals surface area contributed by atoms with Crippen molar-refractivity contribution in [2.45, 2.75) is 6.92 Å². The summed E-state index contributed by atoms with van der Waals surface area (Å²) in [5.74, 6) is 0. The molecule has 0 saturated carbocycles. The van der Waals surface area contributed by atoms with Gasteiger partial charge in [-0.05, 0) is 0 Å². The Kier molecular flexibility index (Phi) is 4.58. The molecule has 0 atom stereocenters. The summed E-state index contributed by atoms with van der Waals surface area (Å²) in [6, 6.07) is 14.8. The van der Waals surface area contributed by atoms with E-state index in [-0.39, 0.29) is 15.7 Å². The SMILES string of the molecule is Cc1[nH]n(-c2ccccc2)c(=O)c1N=Nc1ccccc1[As](=O)(O)O. The number of nitrogens with one attached hydrogen (secondary N) is 1. The molecule has 0 fully saturated rings. The summed E-state index contributed by atoms with van der Waals surface area (Å²) in [5.41, 5.74) is 0.872. The topological polar surface area (TPSA) is 120 Å². The van der Waals surface area contributed by atoms with E-state index >= 15 is 0 Å². The first-order valence-corrected chi connectivity index (χ1v) is 10.7.